The van der Waals surface area contributed by atoms with Crippen LogP contribution in [-0.2, 0) is 30.5 Å². The van der Waals surface area contributed by atoms with Crippen molar-refractivity contribution in [3.8, 4) is 0 Å². The molecule has 7 N–H and O–H groups in total. The van der Waals surface area contributed by atoms with Crippen molar-refractivity contribution in [2.24, 2.45) is 5.41 Å². The van der Waals surface area contributed by atoms with E-state index in [-0.39, 0.29) is 35.8 Å². The number of nitrogens with two attached hydrogens (primary N) is 2. The number of nitrogens with zero attached hydrogens (tertiary/aromatic N) is 6. The number of aliphatic carboxylic acids is 2. The number of nitrogens with one attached hydrogen (secondary N) is 1. The summed E-state index contributed by atoms with van der Waals surface area (Å²) in [4.78, 5) is 86.4. The van der Waals surface area contributed by atoms with Gasteiger partial charge in [-0.1, -0.05) is 20.8 Å². The highest BCUT2D eigenvalue weighted by Gasteiger charge is 2.58. The van der Waals surface area contributed by atoms with Gasteiger partial charge in [0.05, 0.1) is 18.4 Å². The summed E-state index contributed by atoms with van der Waals surface area (Å²) >= 11 is 0. The first kappa shape index (κ1) is 42.8. The molecule has 2 aromatic heterocycles. The number of hydrogen-bond donors (Lipinski definition) is 5. The number of esters is 1. The lowest BCUT2D eigenvalue weighted by atomic mass is 9.67. The van der Waals surface area contributed by atoms with E-state index in [9.17, 15) is 34.2 Å². The van der Waals surface area contributed by atoms with Gasteiger partial charge in [0.15, 0.2) is 17.0 Å². The number of rotatable bonds is 14. The molecule has 2 heterocycles. The molecule has 0 aliphatic carbocycles. The highest BCUT2D eigenvalue weighted by Crippen LogP contribution is 2.45. The smallest absolute Gasteiger partial charge is 0.326 e. The molecule has 3 rings (SSSR count). The number of carboxylic acids is 2. The largest absolute Gasteiger partial charge is 0.481 e. The van der Waals surface area contributed by atoms with Crippen LogP contribution in [0.3, 0.4) is 0 Å². The van der Waals surface area contributed by atoms with Gasteiger partial charge in [-0.05, 0) is 84.1 Å². The van der Waals surface area contributed by atoms with Crippen molar-refractivity contribution in [2.45, 2.75) is 117 Å². The summed E-state index contributed by atoms with van der Waals surface area (Å²) in [5.74, 6) is -4.61. The fourth-order valence-electron chi connectivity index (χ4n) is 6.29. The number of anilines is 3. The Morgan fingerprint density at radius 3 is 2.02 bits per heavy atom. The Kier molecular flexibility index (Phi) is 12.8. The van der Waals surface area contributed by atoms with E-state index >= 15 is 0 Å². The zero-order chi connectivity index (χ0) is 41.0. The molecule has 2 atom stereocenters. The van der Waals surface area contributed by atoms with Crippen LogP contribution in [0.5, 0.6) is 0 Å². The van der Waals surface area contributed by atoms with Crippen molar-refractivity contribution in [3.05, 3.63) is 41.7 Å². The molecule has 0 fully saturated rings. The van der Waals surface area contributed by atoms with Crippen LogP contribution in [0.25, 0.3) is 11.2 Å². The minimum Gasteiger partial charge on any atom is -0.481 e. The third kappa shape index (κ3) is 10.3. The van der Waals surface area contributed by atoms with Gasteiger partial charge in [0, 0.05) is 36.7 Å². The standard InChI is InChI=1S/C37H53N9O8/c1-34(2,3)37(18-17-26(49)54-36(7,8)9,32(53)42-24(31(51)52)15-16-25(47)48)46(35(4,5)6)30(50)21-11-13-23(14-12-21)45(10)20-22-19-40-29-27(41-22)28(38)43-33(39)44-29/h11-14,19,24H,15-18,20H2,1-10H3,(H,42,53)(H,47,48)(H,51,52)(H4,38,39,40,43,44)/t24-,37+/m0/s1. The maximum atomic E-state index is 14.8. The maximum absolute atomic E-state index is 14.8. The van der Waals surface area contributed by atoms with Crippen LogP contribution < -0.4 is 21.7 Å². The number of carboxylic acid groups (broad SMARTS) is 2. The topological polar surface area (TPSA) is 257 Å². The second kappa shape index (κ2) is 16.2. The van der Waals surface area contributed by atoms with Gasteiger partial charge in [0.25, 0.3) is 5.91 Å². The summed E-state index contributed by atoms with van der Waals surface area (Å²) in [6.07, 6.45) is 0.102. The molecule has 0 saturated carbocycles. The highest BCUT2D eigenvalue weighted by atomic mass is 16.6. The summed E-state index contributed by atoms with van der Waals surface area (Å²) in [5.41, 5.74) is 8.86. The summed E-state index contributed by atoms with van der Waals surface area (Å²) < 4.78 is 5.57. The zero-order valence-electron chi connectivity index (χ0n) is 32.7. The molecule has 0 aliphatic heterocycles. The predicted molar refractivity (Wildman–Crippen MR) is 202 cm³/mol. The molecule has 0 saturated heterocycles. The van der Waals surface area contributed by atoms with Crippen LogP contribution in [-0.4, -0.2) is 94.5 Å². The molecule has 0 bridgehead atoms. The van der Waals surface area contributed by atoms with Gasteiger partial charge in [0.2, 0.25) is 11.9 Å². The Hall–Kier alpha value is -5.61. The Balaban J connectivity index is 2.08. The van der Waals surface area contributed by atoms with Crippen LogP contribution in [0.1, 0.15) is 104 Å². The van der Waals surface area contributed by atoms with E-state index in [4.69, 9.17) is 16.2 Å². The van der Waals surface area contributed by atoms with Crippen molar-refractivity contribution in [1.29, 1.82) is 0 Å². The number of carbonyl (C=O) groups is 5. The predicted octanol–water partition coefficient (Wildman–Crippen LogP) is 3.80. The fraction of sp³-hybridized carbons (Fsp3) is 0.541. The maximum Gasteiger partial charge on any atom is 0.326 e. The van der Waals surface area contributed by atoms with E-state index in [1.165, 1.54) is 4.90 Å². The van der Waals surface area contributed by atoms with Gasteiger partial charge in [-0.3, -0.25) is 19.2 Å². The summed E-state index contributed by atoms with van der Waals surface area (Å²) in [5, 5.41) is 21.8. The molecular weight excluding hydrogens is 698 g/mol. The molecule has 3 aromatic rings. The number of hydrogen-bond acceptors (Lipinski definition) is 13. The van der Waals surface area contributed by atoms with Crippen molar-refractivity contribution >= 4 is 58.3 Å². The van der Waals surface area contributed by atoms with Crippen molar-refractivity contribution in [3.63, 3.8) is 0 Å². The molecular formula is C37H53N9O8. The lowest BCUT2D eigenvalue weighted by Crippen LogP contribution is -2.72. The monoisotopic (exact) mass is 751 g/mol. The molecule has 0 radical (unpaired) electrons. The second-order valence-corrected chi connectivity index (χ2v) is 16.2. The first-order valence-corrected chi connectivity index (χ1v) is 17.4. The Morgan fingerprint density at radius 2 is 1.50 bits per heavy atom. The first-order chi connectivity index (χ1) is 24.8. The van der Waals surface area contributed by atoms with Gasteiger partial charge in [0.1, 0.15) is 17.2 Å². The number of benzene rings is 1. The third-order valence-electron chi connectivity index (χ3n) is 8.69. The van der Waals surface area contributed by atoms with E-state index in [0.717, 1.165) is 0 Å². The normalized spacial score (nSPS) is 13.7. The summed E-state index contributed by atoms with van der Waals surface area (Å²) in [6.45, 7) is 15.8. The Morgan fingerprint density at radius 1 is 0.889 bits per heavy atom. The summed E-state index contributed by atoms with van der Waals surface area (Å²) in [6, 6.07) is 5.09. The number of aromatic nitrogens is 4. The van der Waals surface area contributed by atoms with Gasteiger partial charge in [-0.15, -0.1) is 0 Å². The van der Waals surface area contributed by atoms with Gasteiger partial charge in [-0.25, -0.2) is 14.8 Å². The molecule has 17 heteroatoms. The van der Waals surface area contributed by atoms with Gasteiger partial charge < -0.3 is 41.5 Å². The molecule has 294 valence electrons. The number of nitrogen functional groups attached to an aromatic ring is 2. The zero-order valence-corrected chi connectivity index (χ0v) is 32.7. The Bertz CT molecular complexity index is 1880. The lowest BCUT2D eigenvalue weighted by molar-refractivity contribution is -0.159. The van der Waals surface area contributed by atoms with E-state index in [2.05, 4.69) is 25.3 Å². The third-order valence-corrected chi connectivity index (χ3v) is 8.69. The average Bonchev–Trinajstić information content (AvgIpc) is 3.02. The second-order valence-electron chi connectivity index (χ2n) is 16.2. The molecule has 0 unspecified atom stereocenters. The highest BCUT2D eigenvalue weighted by molar-refractivity contribution is 6.01. The van der Waals surface area contributed by atoms with Crippen molar-refractivity contribution in [1.82, 2.24) is 30.2 Å². The fourth-order valence-corrected chi connectivity index (χ4v) is 6.29. The summed E-state index contributed by atoms with van der Waals surface area (Å²) in [7, 11) is 1.82. The number of fused-ring (bicyclic) bond motifs is 1. The van der Waals surface area contributed by atoms with Gasteiger partial charge >= 0.3 is 17.9 Å². The number of amides is 2. The van der Waals surface area contributed by atoms with Crippen LogP contribution in [0.2, 0.25) is 0 Å². The quantitative estimate of drug-likeness (QED) is 0.147. The molecule has 54 heavy (non-hydrogen) atoms. The minimum absolute atomic E-state index is 0.0116. The van der Waals surface area contributed by atoms with E-state index < -0.39 is 70.7 Å². The molecule has 1 aromatic carbocycles. The first-order valence-electron chi connectivity index (χ1n) is 17.4. The van der Waals surface area contributed by atoms with Crippen molar-refractivity contribution in [2.75, 3.05) is 23.4 Å². The van der Waals surface area contributed by atoms with Gasteiger partial charge in [-0.2, -0.15) is 9.97 Å². The van der Waals surface area contributed by atoms with E-state index in [0.29, 0.717) is 23.4 Å². The van der Waals surface area contributed by atoms with E-state index in [1.54, 1.807) is 92.8 Å². The van der Waals surface area contributed by atoms with Crippen molar-refractivity contribution < 1.29 is 38.9 Å². The van der Waals surface area contributed by atoms with Crippen LogP contribution in [0, 0.1) is 5.41 Å². The minimum atomic E-state index is -1.85. The molecule has 17 nitrogen and oxygen atoms in total. The van der Waals surface area contributed by atoms with Crippen LogP contribution >= 0.6 is 0 Å². The number of carbonyl (C=O) groups excluding carboxylic acids is 3. The molecule has 0 aliphatic rings. The molecule has 2 amide bonds. The SMILES string of the molecule is CN(Cc1cnc2nc(N)nc(N)c2n1)c1ccc(C(=O)N(C(C)(C)C)[C@](CCC(=O)OC(C)(C)C)(C(=O)N[C@@H](CCC(=O)O)C(=O)O)C(C)(C)C)cc1. The van der Waals surface area contributed by atoms with E-state index in [1.807, 2.05) is 11.9 Å². The number of ether oxygens (including phenoxy) is 1. The molecule has 0 spiro atoms. The lowest BCUT2D eigenvalue weighted by Gasteiger charge is -2.56. The Labute approximate surface area is 314 Å². The van der Waals surface area contributed by atoms with Crippen LogP contribution in [0.4, 0.5) is 17.5 Å². The van der Waals surface area contributed by atoms with Crippen LogP contribution in [0.15, 0.2) is 30.5 Å². The average molecular weight is 752 g/mol.